The average Bonchev–Trinajstić information content (AvgIpc) is 3.04. The molecule has 0 spiro atoms. The molecule has 0 aromatic rings. The minimum absolute atomic E-state index is 0.174. The summed E-state index contributed by atoms with van der Waals surface area (Å²) in [5, 5.41) is 10.0. The maximum absolute atomic E-state index is 10.0. The van der Waals surface area contributed by atoms with E-state index in [1.165, 1.54) is 56.1 Å². The number of hydrogen-bond acceptors (Lipinski definition) is 1. The lowest BCUT2D eigenvalue weighted by molar-refractivity contribution is 0.0907. The van der Waals surface area contributed by atoms with Crippen LogP contribution < -0.4 is 0 Å². The number of allylic oxidation sites excluding steroid dienone is 4. The van der Waals surface area contributed by atoms with Gasteiger partial charge in [-0.25, -0.2) is 0 Å². The van der Waals surface area contributed by atoms with Crippen LogP contribution in [0.1, 0.15) is 98.8 Å². The van der Waals surface area contributed by atoms with Gasteiger partial charge in [-0.15, -0.1) is 0 Å². The monoisotopic (exact) mass is 398 g/mol. The summed E-state index contributed by atoms with van der Waals surface area (Å²) in [5.41, 5.74) is 4.70. The van der Waals surface area contributed by atoms with Crippen LogP contribution in [0, 0.1) is 35.0 Å². The quantitative estimate of drug-likeness (QED) is 0.482. The second-order valence-electron chi connectivity index (χ2n) is 11.3. The Kier molecular flexibility index (Phi) is 7.52. The van der Waals surface area contributed by atoms with Gasteiger partial charge in [-0.05, 0) is 91.9 Å². The van der Waals surface area contributed by atoms with Crippen molar-refractivity contribution < 1.29 is 5.11 Å². The number of rotatable bonds is 6. The van der Waals surface area contributed by atoms with Crippen molar-refractivity contribution >= 4 is 0 Å². The van der Waals surface area contributed by atoms with E-state index < -0.39 is 0 Å². The zero-order valence-electron chi connectivity index (χ0n) is 19.8. The number of aliphatic hydroxyl groups is 1. The summed E-state index contributed by atoms with van der Waals surface area (Å²) in [5.74, 6) is 4.14. The number of fused-ring (bicyclic) bond motifs is 1. The van der Waals surface area contributed by atoms with Crippen molar-refractivity contribution in [2.45, 2.75) is 105 Å². The molecule has 0 saturated heterocycles. The highest BCUT2D eigenvalue weighted by atomic mass is 16.3. The van der Waals surface area contributed by atoms with Gasteiger partial charge in [0.2, 0.25) is 0 Å². The first-order valence-corrected chi connectivity index (χ1v) is 12.5. The van der Waals surface area contributed by atoms with Crippen molar-refractivity contribution in [1.82, 2.24) is 0 Å². The van der Waals surface area contributed by atoms with Crippen molar-refractivity contribution in [3.8, 4) is 0 Å². The summed E-state index contributed by atoms with van der Waals surface area (Å²) >= 11 is 0. The Morgan fingerprint density at radius 2 is 1.83 bits per heavy atom. The molecule has 3 fully saturated rings. The number of hydrogen-bond donors (Lipinski definition) is 1. The molecule has 3 saturated carbocycles. The van der Waals surface area contributed by atoms with Crippen molar-refractivity contribution in [2.75, 3.05) is 0 Å². The van der Waals surface area contributed by atoms with Crippen LogP contribution in [-0.4, -0.2) is 11.2 Å². The smallest absolute Gasteiger partial charge is 0.0583 e. The molecule has 0 bridgehead atoms. The summed E-state index contributed by atoms with van der Waals surface area (Å²) in [6, 6.07) is 0. The molecular weight excluding hydrogens is 352 g/mol. The van der Waals surface area contributed by atoms with E-state index in [4.69, 9.17) is 0 Å². The molecule has 0 aliphatic heterocycles. The van der Waals surface area contributed by atoms with Crippen molar-refractivity contribution in [1.29, 1.82) is 0 Å². The van der Waals surface area contributed by atoms with Gasteiger partial charge in [-0.1, -0.05) is 77.3 Å². The lowest BCUT2D eigenvalue weighted by Crippen LogP contribution is -2.36. The summed E-state index contributed by atoms with van der Waals surface area (Å²) in [6.45, 7) is 16.6. The van der Waals surface area contributed by atoms with E-state index in [1.54, 1.807) is 5.57 Å². The second kappa shape index (κ2) is 9.54. The Morgan fingerprint density at radius 1 is 1.07 bits per heavy atom. The Labute approximate surface area is 180 Å². The molecule has 1 heteroatoms. The molecule has 1 unspecified atom stereocenters. The second-order valence-corrected chi connectivity index (χ2v) is 11.3. The molecule has 1 nitrogen and oxygen atoms in total. The first-order chi connectivity index (χ1) is 13.7. The topological polar surface area (TPSA) is 20.2 Å². The molecule has 164 valence electrons. The molecular formula is C28H46O. The maximum Gasteiger partial charge on any atom is 0.0583 e. The van der Waals surface area contributed by atoms with Crippen molar-refractivity contribution in [3.63, 3.8) is 0 Å². The van der Waals surface area contributed by atoms with E-state index in [1.807, 2.05) is 0 Å². The van der Waals surface area contributed by atoms with Crippen LogP contribution in [0.2, 0.25) is 0 Å². The largest absolute Gasteiger partial charge is 0.393 e. The summed E-state index contributed by atoms with van der Waals surface area (Å²) in [4.78, 5) is 0. The van der Waals surface area contributed by atoms with Crippen LogP contribution in [0.5, 0.6) is 0 Å². The van der Waals surface area contributed by atoms with Gasteiger partial charge in [0.25, 0.3) is 0 Å². The summed E-state index contributed by atoms with van der Waals surface area (Å²) in [7, 11) is 0. The SMILES string of the molecule is C=C1CC[C@H](O)C/C1=C/C=C1\CCC[C@@]2(C)C1CC[C@@H]2[C@H](C)CC[C@H](C)C(C)C. The van der Waals surface area contributed by atoms with Crippen LogP contribution in [0.15, 0.2) is 35.5 Å². The minimum Gasteiger partial charge on any atom is -0.393 e. The fraction of sp³-hybridized carbons (Fsp3) is 0.786. The minimum atomic E-state index is -0.174. The van der Waals surface area contributed by atoms with Gasteiger partial charge >= 0.3 is 0 Å². The third-order valence-corrected chi connectivity index (χ3v) is 9.13. The lowest BCUT2D eigenvalue weighted by Gasteiger charge is -2.44. The third-order valence-electron chi connectivity index (χ3n) is 9.13. The fourth-order valence-corrected chi connectivity index (χ4v) is 6.67. The van der Waals surface area contributed by atoms with Gasteiger partial charge < -0.3 is 5.11 Å². The summed E-state index contributed by atoms with van der Waals surface area (Å²) < 4.78 is 0. The van der Waals surface area contributed by atoms with Crippen molar-refractivity contribution in [3.05, 3.63) is 35.5 Å². The van der Waals surface area contributed by atoms with E-state index in [2.05, 4.69) is 53.3 Å². The van der Waals surface area contributed by atoms with Gasteiger partial charge in [0, 0.05) is 0 Å². The van der Waals surface area contributed by atoms with Gasteiger partial charge in [-0.3, -0.25) is 0 Å². The average molecular weight is 399 g/mol. The predicted octanol–water partition coefficient (Wildman–Crippen LogP) is 7.87. The highest BCUT2D eigenvalue weighted by Crippen LogP contribution is 2.60. The van der Waals surface area contributed by atoms with Gasteiger partial charge in [-0.2, -0.15) is 0 Å². The highest BCUT2D eigenvalue weighted by molar-refractivity contribution is 5.36. The van der Waals surface area contributed by atoms with Gasteiger partial charge in [0.1, 0.15) is 0 Å². The highest BCUT2D eigenvalue weighted by Gasteiger charge is 2.50. The Bertz CT molecular complexity index is 639. The summed E-state index contributed by atoms with van der Waals surface area (Å²) in [6.07, 6.45) is 16.8. The van der Waals surface area contributed by atoms with Crippen LogP contribution in [0.3, 0.4) is 0 Å². The maximum atomic E-state index is 10.0. The first-order valence-electron chi connectivity index (χ1n) is 12.5. The molecule has 0 aromatic heterocycles. The Morgan fingerprint density at radius 3 is 2.55 bits per heavy atom. The fourth-order valence-electron chi connectivity index (χ4n) is 6.67. The Hall–Kier alpha value is -0.820. The molecule has 6 atom stereocenters. The number of aliphatic hydroxyl groups excluding tert-OH is 1. The van der Waals surface area contributed by atoms with Crippen LogP contribution in [0.4, 0.5) is 0 Å². The lowest BCUT2D eigenvalue weighted by atomic mass is 9.60. The van der Waals surface area contributed by atoms with E-state index in [0.717, 1.165) is 48.9 Å². The van der Waals surface area contributed by atoms with Crippen LogP contribution in [0.25, 0.3) is 0 Å². The molecule has 0 heterocycles. The molecule has 0 radical (unpaired) electrons. The van der Waals surface area contributed by atoms with Crippen LogP contribution in [-0.2, 0) is 0 Å². The standard InChI is InChI=1S/C28H46O/c1-19(2)20(3)9-10-22(5)26-15-16-27-23(8-7-17-28(26,27)6)12-13-24-18-25(29)14-11-21(24)4/h12-13,19-20,22,25-27,29H,4,7-11,14-18H2,1-3,5-6H3/b23-12+,24-13-/t20-,22+,25-,26+,27?,28+/m0/s1. The molecule has 29 heavy (non-hydrogen) atoms. The predicted molar refractivity (Wildman–Crippen MR) is 126 cm³/mol. The zero-order chi connectivity index (χ0) is 21.2. The normalized spacial score (nSPS) is 37.9. The molecule has 3 aliphatic rings. The van der Waals surface area contributed by atoms with Gasteiger partial charge in [0.05, 0.1) is 6.10 Å². The van der Waals surface area contributed by atoms with Crippen LogP contribution >= 0.6 is 0 Å². The van der Waals surface area contributed by atoms with E-state index in [9.17, 15) is 5.11 Å². The molecule has 0 aromatic carbocycles. The zero-order valence-corrected chi connectivity index (χ0v) is 19.8. The van der Waals surface area contributed by atoms with E-state index in [0.29, 0.717) is 5.41 Å². The first kappa shape index (κ1) is 22.9. The van der Waals surface area contributed by atoms with Gasteiger partial charge in [0.15, 0.2) is 0 Å². The molecule has 3 aliphatic carbocycles. The van der Waals surface area contributed by atoms with E-state index in [-0.39, 0.29) is 6.10 Å². The molecule has 0 amide bonds. The molecule has 1 N–H and O–H groups in total. The van der Waals surface area contributed by atoms with Crippen molar-refractivity contribution in [2.24, 2.45) is 35.0 Å². The van der Waals surface area contributed by atoms with E-state index >= 15 is 0 Å². The third kappa shape index (κ3) is 5.09. The Balaban J connectivity index is 1.70. The molecule has 3 rings (SSSR count).